The molecule has 0 rings (SSSR count). The van der Waals surface area contributed by atoms with Gasteiger partial charge in [-0.15, -0.1) is 0 Å². The summed E-state index contributed by atoms with van der Waals surface area (Å²) < 4.78 is 14.4. The van der Waals surface area contributed by atoms with Gasteiger partial charge in [0.25, 0.3) is 0 Å². The summed E-state index contributed by atoms with van der Waals surface area (Å²) >= 11 is 0. The molecule has 0 saturated carbocycles. The SMILES string of the molecule is CCCC(C)(COC(=O)OC)OC. The average molecular weight is 190 g/mol. The summed E-state index contributed by atoms with van der Waals surface area (Å²) in [5.74, 6) is 0. The molecule has 0 fully saturated rings. The Hall–Kier alpha value is -0.770. The van der Waals surface area contributed by atoms with E-state index in [1.54, 1.807) is 7.11 Å². The maximum atomic E-state index is 10.7. The van der Waals surface area contributed by atoms with E-state index < -0.39 is 11.8 Å². The molecule has 0 N–H and O–H groups in total. The zero-order valence-corrected chi connectivity index (χ0v) is 8.75. The molecule has 0 spiro atoms. The van der Waals surface area contributed by atoms with Crippen molar-refractivity contribution < 1.29 is 19.0 Å². The van der Waals surface area contributed by atoms with Crippen molar-refractivity contribution in [3.63, 3.8) is 0 Å². The first kappa shape index (κ1) is 12.2. The van der Waals surface area contributed by atoms with Gasteiger partial charge in [-0.3, -0.25) is 0 Å². The summed E-state index contributed by atoms with van der Waals surface area (Å²) in [5.41, 5.74) is -0.400. The van der Waals surface area contributed by atoms with Crippen LogP contribution in [0.25, 0.3) is 0 Å². The number of hydrogen-bond donors (Lipinski definition) is 0. The highest BCUT2D eigenvalue weighted by molar-refractivity contribution is 5.59. The molecule has 0 aliphatic carbocycles. The van der Waals surface area contributed by atoms with Gasteiger partial charge in [-0.25, -0.2) is 4.79 Å². The van der Waals surface area contributed by atoms with E-state index in [9.17, 15) is 4.79 Å². The standard InChI is InChI=1S/C9H18O4/c1-5-6-9(2,12-4)7-13-8(10)11-3/h5-7H2,1-4H3. The predicted molar refractivity (Wildman–Crippen MR) is 48.7 cm³/mol. The highest BCUT2D eigenvalue weighted by Gasteiger charge is 2.24. The number of ether oxygens (including phenoxy) is 3. The van der Waals surface area contributed by atoms with E-state index in [4.69, 9.17) is 9.47 Å². The first-order valence-corrected chi connectivity index (χ1v) is 4.34. The number of rotatable bonds is 5. The van der Waals surface area contributed by atoms with Gasteiger partial charge in [0.15, 0.2) is 0 Å². The molecular formula is C9H18O4. The summed E-state index contributed by atoms with van der Waals surface area (Å²) in [6.45, 7) is 4.18. The summed E-state index contributed by atoms with van der Waals surface area (Å²) in [4.78, 5) is 10.7. The topological polar surface area (TPSA) is 44.8 Å². The van der Waals surface area contributed by atoms with Crippen LogP contribution in [0.3, 0.4) is 0 Å². The molecule has 13 heavy (non-hydrogen) atoms. The number of hydrogen-bond acceptors (Lipinski definition) is 4. The van der Waals surface area contributed by atoms with Crippen LogP contribution in [0.15, 0.2) is 0 Å². The van der Waals surface area contributed by atoms with Crippen LogP contribution in [0.1, 0.15) is 26.7 Å². The highest BCUT2D eigenvalue weighted by Crippen LogP contribution is 2.16. The fourth-order valence-electron chi connectivity index (χ4n) is 1.03. The van der Waals surface area contributed by atoms with Crippen molar-refractivity contribution in [3.05, 3.63) is 0 Å². The minimum absolute atomic E-state index is 0.226. The van der Waals surface area contributed by atoms with Crippen LogP contribution in [-0.4, -0.2) is 32.6 Å². The Balaban J connectivity index is 3.89. The van der Waals surface area contributed by atoms with E-state index in [-0.39, 0.29) is 6.61 Å². The quantitative estimate of drug-likeness (QED) is 0.622. The lowest BCUT2D eigenvalue weighted by Crippen LogP contribution is -2.34. The monoisotopic (exact) mass is 190 g/mol. The lowest BCUT2D eigenvalue weighted by Gasteiger charge is -2.26. The van der Waals surface area contributed by atoms with Crippen LogP contribution >= 0.6 is 0 Å². The largest absolute Gasteiger partial charge is 0.508 e. The maximum absolute atomic E-state index is 10.7. The number of carbonyl (C=O) groups is 1. The highest BCUT2D eigenvalue weighted by atomic mass is 16.7. The molecule has 0 aliphatic rings. The molecule has 1 unspecified atom stereocenters. The van der Waals surface area contributed by atoms with Crippen LogP contribution in [-0.2, 0) is 14.2 Å². The smallest absolute Gasteiger partial charge is 0.438 e. The fourth-order valence-corrected chi connectivity index (χ4v) is 1.03. The van der Waals surface area contributed by atoms with Crippen molar-refractivity contribution in [1.29, 1.82) is 0 Å². The average Bonchev–Trinajstić information content (AvgIpc) is 2.15. The second kappa shape index (κ2) is 5.80. The minimum Gasteiger partial charge on any atom is -0.438 e. The summed E-state index contributed by atoms with van der Waals surface area (Å²) in [6, 6.07) is 0. The Morgan fingerprint density at radius 1 is 1.38 bits per heavy atom. The molecule has 0 aromatic rings. The fraction of sp³-hybridized carbons (Fsp3) is 0.889. The van der Waals surface area contributed by atoms with E-state index in [0.29, 0.717) is 0 Å². The van der Waals surface area contributed by atoms with Crippen LogP contribution in [0, 0.1) is 0 Å². The molecule has 0 saturated heterocycles. The van der Waals surface area contributed by atoms with E-state index in [1.165, 1.54) is 7.11 Å². The molecule has 78 valence electrons. The lowest BCUT2D eigenvalue weighted by atomic mass is 10.0. The van der Waals surface area contributed by atoms with Gasteiger partial charge in [0.1, 0.15) is 6.61 Å². The van der Waals surface area contributed by atoms with Crippen LogP contribution in [0.5, 0.6) is 0 Å². The van der Waals surface area contributed by atoms with Crippen molar-refractivity contribution in [2.24, 2.45) is 0 Å². The second-order valence-electron chi connectivity index (χ2n) is 3.15. The van der Waals surface area contributed by atoms with Crippen molar-refractivity contribution in [1.82, 2.24) is 0 Å². The third-order valence-electron chi connectivity index (χ3n) is 1.93. The first-order valence-electron chi connectivity index (χ1n) is 4.34. The molecule has 0 heterocycles. The molecular weight excluding hydrogens is 172 g/mol. The van der Waals surface area contributed by atoms with Gasteiger partial charge >= 0.3 is 6.16 Å². The Morgan fingerprint density at radius 2 is 2.00 bits per heavy atom. The molecule has 1 atom stereocenters. The van der Waals surface area contributed by atoms with Gasteiger partial charge < -0.3 is 14.2 Å². The summed E-state index contributed by atoms with van der Waals surface area (Å²) in [5, 5.41) is 0. The van der Waals surface area contributed by atoms with Crippen molar-refractivity contribution >= 4 is 6.16 Å². The van der Waals surface area contributed by atoms with Crippen LogP contribution in [0.2, 0.25) is 0 Å². The van der Waals surface area contributed by atoms with E-state index in [0.717, 1.165) is 12.8 Å². The second-order valence-corrected chi connectivity index (χ2v) is 3.15. The molecule has 4 nitrogen and oxygen atoms in total. The molecule has 0 bridgehead atoms. The molecule has 0 radical (unpaired) electrons. The van der Waals surface area contributed by atoms with Crippen molar-refractivity contribution in [3.8, 4) is 0 Å². The third kappa shape index (κ3) is 4.72. The summed E-state index contributed by atoms with van der Waals surface area (Å²) in [6.07, 6.45) is 1.16. The van der Waals surface area contributed by atoms with Gasteiger partial charge in [0.2, 0.25) is 0 Å². The van der Waals surface area contributed by atoms with E-state index in [2.05, 4.69) is 11.7 Å². The molecule has 4 heteroatoms. The van der Waals surface area contributed by atoms with E-state index in [1.807, 2.05) is 6.92 Å². The zero-order chi connectivity index (χ0) is 10.3. The van der Waals surface area contributed by atoms with Crippen molar-refractivity contribution in [2.75, 3.05) is 20.8 Å². The molecule has 0 aromatic carbocycles. The summed E-state index contributed by atoms with van der Waals surface area (Å²) in [7, 11) is 2.89. The van der Waals surface area contributed by atoms with Gasteiger partial charge in [-0.1, -0.05) is 13.3 Å². The van der Waals surface area contributed by atoms with Gasteiger partial charge in [-0.2, -0.15) is 0 Å². The Kier molecular flexibility index (Phi) is 5.46. The van der Waals surface area contributed by atoms with Crippen LogP contribution in [0.4, 0.5) is 4.79 Å². The van der Waals surface area contributed by atoms with Crippen molar-refractivity contribution in [2.45, 2.75) is 32.3 Å². The molecule has 0 aliphatic heterocycles. The van der Waals surface area contributed by atoms with Crippen LogP contribution < -0.4 is 0 Å². The predicted octanol–water partition coefficient (Wildman–Crippen LogP) is 1.97. The first-order chi connectivity index (χ1) is 6.08. The Morgan fingerprint density at radius 3 is 2.38 bits per heavy atom. The normalized spacial score (nSPS) is 14.8. The number of carbonyl (C=O) groups excluding carboxylic acids is 1. The van der Waals surface area contributed by atoms with Gasteiger partial charge in [-0.05, 0) is 13.3 Å². The lowest BCUT2D eigenvalue weighted by molar-refractivity contribution is -0.0590. The van der Waals surface area contributed by atoms with Gasteiger partial charge in [0.05, 0.1) is 12.7 Å². The zero-order valence-electron chi connectivity index (χ0n) is 8.75. The van der Waals surface area contributed by atoms with Gasteiger partial charge in [0, 0.05) is 7.11 Å². The number of methoxy groups -OCH3 is 2. The Bertz CT molecular complexity index is 158. The molecule has 0 amide bonds. The minimum atomic E-state index is -0.667. The maximum Gasteiger partial charge on any atom is 0.508 e. The van der Waals surface area contributed by atoms with E-state index >= 15 is 0 Å². The Labute approximate surface area is 79.2 Å². The molecule has 0 aromatic heterocycles. The third-order valence-corrected chi connectivity index (χ3v) is 1.93.